The summed E-state index contributed by atoms with van der Waals surface area (Å²) in [6.45, 7) is 4.55. The van der Waals surface area contributed by atoms with Crippen LogP contribution >= 0.6 is 0 Å². The first-order chi connectivity index (χ1) is 12.8. The van der Waals surface area contributed by atoms with Crippen LogP contribution in [-0.2, 0) is 0 Å². The van der Waals surface area contributed by atoms with Crippen LogP contribution in [0.5, 0.6) is 0 Å². The molecule has 0 radical (unpaired) electrons. The summed E-state index contributed by atoms with van der Waals surface area (Å²) in [6, 6.07) is 8.85. The lowest BCUT2D eigenvalue weighted by Gasteiger charge is -2.33. The Bertz CT molecular complexity index is 942. The second-order valence-electron chi connectivity index (χ2n) is 7.68. The quantitative estimate of drug-likeness (QED) is 0.565. The van der Waals surface area contributed by atoms with Crippen LogP contribution in [0, 0.1) is 17.8 Å². The fraction of sp³-hybridized carbons (Fsp3) is 0.231. The van der Waals surface area contributed by atoms with E-state index in [-0.39, 0.29) is 0 Å². The molecule has 4 aliphatic carbocycles. The van der Waals surface area contributed by atoms with Gasteiger partial charge in [0, 0.05) is 5.92 Å². The molecule has 0 fully saturated rings. The van der Waals surface area contributed by atoms with Crippen molar-refractivity contribution >= 4 is 11.1 Å². The predicted molar refractivity (Wildman–Crippen MR) is 111 cm³/mol. The highest BCUT2D eigenvalue weighted by atomic mass is 14.4. The molecule has 3 atom stereocenters. The Morgan fingerprint density at radius 2 is 1.58 bits per heavy atom. The van der Waals surface area contributed by atoms with E-state index in [2.05, 4.69) is 85.5 Å². The minimum absolute atomic E-state index is 0.492. The molecule has 0 aromatic heterocycles. The van der Waals surface area contributed by atoms with Gasteiger partial charge in [0.2, 0.25) is 0 Å². The summed E-state index contributed by atoms with van der Waals surface area (Å²) in [4.78, 5) is 0. The Morgan fingerprint density at radius 3 is 2.31 bits per heavy atom. The lowest BCUT2D eigenvalue weighted by Crippen LogP contribution is -2.20. The first-order valence-corrected chi connectivity index (χ1v) is 9.75. The number of rotatable bonds is 2. The highest BCUT2D eigenvalue weighted by Gasteiger charge is 2.38. The summed E-state index contributed by atoms with van der Waals surface area (Å²) in [5.41, 5.74) is 8.48. The largest absolute Gasteiger partial charge is 0.0908 e. The number of hydrogen-bond acceptors (Lipinski definition) is 0. The van der Waals surface area contributed by atoms with Crippen LogP contribution in [0.25, 0.3) is 11.1 Å². The molecule has 0 aliphatic heterocycles. The zero-order valence-corrected chi connectivity index (χ0v) is 15.1. The van der Waals surface area contributed by atoms with Crippen molar-refractivity contribution in [2.75, 3.05) is 0 Å². The number of hydrogen-bond donors (Lipinski definition) is 0. The zero-order valence-electron chi connectivity index (χ0n) is 15.1. The van der Waals surface area contributed by atoms with Crippen molar-refractivity contribution in [3.8, 4) is 0 Å². The highest BCUT2D eigenvalue weighted by Crippen LogP contribution is 2.54. The fourth-order valence-corrected chi connectivity index (χ4v) is 5.03. The van der Waals surface area contributed by atoms with Gasteiger partial charge in [0.1, 0.15) is 0 Å². The Labute approximate surface area is 156 Å². The smallest absolute Gasteiger partial charge is 0.00588 e. The lowest BCUT2D eigenvalue weighted by atomic mass is 9.71. The van der Waals surface area contributed by atoms with Crippen molar-refractivity contribution in [2.45, 2.75) is 19.3 Å². The average Bonchev–Trinajstić information content (AvgIpc) is 3.02. The number of benzene rings is 1. The average molecular weight is 336 g/mol. The zero-order chi connectivity index (χ0) is 17.5. The minimum atomic E-state index is 0.492. The van der Waals surface area contributed by atoms with Gasteiger partial charge in [-0.1, -0.05) is 85.5 Å². The maximum absolute atomic E-state index is 4.55. The molecule has 26 heavy (non-hydrogen) atoms. The van der Waals surface area contributed by atoms with Crippen molar-refractivity contribution < 1.29 is 0 Å². The summed E-state index contributed by atoms with van der Waals surface area (Å²) in [7, 11) is 0. The summed E-state index contributed by atoms with van der Waals surface area (Å²) >= 11 is 0. The first-order valence-electron chi connectivity index (χ1n) is 9.75. The molecule has 128 valence electrons. The minimum Gasteiger partial charge on any atom is -0.0908 e. The van der Waals surface area contributed by atoms with Crippen LogP contribution in [0.15, 0.2) is 96.7 Å². The van der Waals surface area contributed by atoms with Crippen molar-refractivity contribution in [3.05, 3.63) is 108 Å². The SMILES string of the molecule is C=C1C2=C(C(C3C=CC=CC3)=CCC2C2C=CC=CC2)c2ccccc21. The van der Waals surface area contributed by atoms with Gasteiger partial charge in [-0.25, -0.2) is 0 Å². The van der Waals surface area contributed by atoms with E-state index in [1.54, 1.807) is 0 Å². The molecule has 0 nitrogen and oxygen atoms in total. The molecular weight excluding hydrogens is 312 g/mol. The van der Waals surface area contributed by atoms with E-state index in [4.69, 9.17) is 0 Å². The van der Waals surface area contributed by atoms with Crippen molar-refractivity contribution in [2.24, 2.45) is 17.8 Å². The topological polar surface area (TPSA) is 0 Å². The van der Waals surface area contributed by atoms with Crippen LogP contribution in [0.1, 0.15) is 30.4 Å². The summed E-state index contributed by atoms with van der Waals surface area (Å²) in [6.07, 6.45) is 24.0. The monoisotopic (exact) mass is 336 g/mol. The van der Waals surface area contributed by atoms with E-state index < -0.39 is 0 Å². The van der Waals surface area contributed by atoms with Gasteiger partial charge < -0.3 is 0 Å². The third kappa shape index (κ3) is 2.36. The van der Waals surface area contributed by atoms with Gasteiger partial charge in [0.15, 0.2) is 0 Å². The van der Waals surface area contributed by atoms with E-state index in [0.29, 0.717) is 17.8 Å². The predicted octanol–water partition coefficient (Wildman–Crippen LogP) is 6.68. The molecule has 1 aromatic carbocycles. The second kappa shape index (κ2) is 6.29. The number of fused-ring (bicyclic) bond motifs is 2. The molecule has 4 aliphatic rings. The summed E-state index contributed by atoms with van der Waals surface area (Å²) in [5, 5.41) is 0. The molecule has 0 N–H and O–H groups in total. The van der Waals surface area contributed by atoms with Crippen LogP contribution in [0.3, 0.4) is 0 Å². The lowest BCUT2D eigenvalue weighted by molar-refractivity contribution is 0.463. The van der Waals surface area contributed by atoms with E-state index in [1.165, 1.54) is 33.4 Å². The van der Waals surface area contributed by atoms with Gasteiger partial charge in [-0.15, -0.1) is 0 Å². The van der Waals surface area contributed by atoms with E-state index >= 15 is 0 Å². The molecule has 0 bridgehead atoms. The normalized spacial score (nSPS) is 29.0. The maximum atomic E-state index is 4.55. The Kier molecular flexibility index (Phi) is 3.78. The molecular formula is C26H24. The third-order valence-electron chi connectivity index (χ3n) is 6.28. The third-order valence-corrected chi connectivity index (χ3v) is 6.28. The van der Waals surface area contributed by atoms with Crippen molar-refractivity contribution in [1.29, 1.82) is 0 Å². The molecule has 0 heteroatoms. The Morgan fingerprint density at radius 1 is 0.808 bits per heavy atom. The van der Waals surface area contributed by atoms with Crippen LogP contribution < -0.4 is 0 Å². The van der Waals surface area contributed by atoms with Gasteiger partial charge in [0.05, 0.1) is 0 Å². The van der Waals surface area contributed by atoms with Gasteiger partial charge in [-0.3, -0.25) is 0 Å². The molecule has 0 saturated carbocycles. The van der Waals surface area contributed by atoms with Gasteiger partial charge >= 0.3 is 0 Å². The van der Waals surface area contributed by atoms with Gasteiger partial charge in [0.25, 0.3) is 0 Å². The Hall–Kier alpha value is -2.60. The van der Waals surface area contributed by atoms with E-state index in [9.17, 15) is 0 Å². The van der Waals surface area contributed by atoms with Gasteiger partial charge in [-0.2, -0.15) is 0 Å². The van der Waals surface area contributed by atoms with Crippen molar-refractivity contribution in [3.63, 3.8) is 0 Å². The molecule has 5 rings (SSSR count). The molecule has 0 amide bonds. The van der Waals surface area contributed by atoms with E-state index in [1.807, 2.05) is 0 Å². The van der Waals surface area contributed by atoms with Crippen LogP contribution in [-0.4, -0.2) is 0 Å². The second-order valence-corrected chi connectivity index (χ2v) is 7.68. The molecule has 0 saturated heterocycles. The molecule has 1 aromatic rings. The Balaban J connectivity index is 1.64. The fourth-order valence-electron chi connectivity index (χ4n) is 5.03. The van der Waals surface area contributed by atoms with Gasteiger partial charge in [-0.05, 0) is 64.5 Å². The highest BCUT2D eigenvalue weighted by molar-refractivity contribution is 6.05. The standard InChI is InChI=1S/C26H24/c1-18-21-14-8-9-15-24(21)26-23(20-12-6-3-7-13-20)17-16-22(25(18)26)19-10-4-2-5-11-19/h2-10,12,14-15,17,19-20,22H,1,11,13,16H2. The molecule has 3 unspecified atom stereocenters. The summed E-state index contributed by atoms with van der Waals surface area (Å²) < 4.78 is 0. The maximum Gasteiger partial charge on any atom is 0.00588 e. The van der Waals surface area contributed by atoms with Crippen LogP contribution in [0.4, 0.5) is 0 Å². The number of allylic oxidation sites excluding steroid dienone is 13. The molecule has 0 heterocycles. The van der Waals surface area contributed by atoms with Crippen molar-refractivity contribution in [1.82, 2.24) is 0 Å². The molecule has 0 spiro atoms. The van der Waals surface area contributed by atoms with E-state index in [0.717, 1.165) is 19.3 Å². The summed E-state index contributed by atoms with van der Waals surface area (Å²) in [5.74, 6) is 1.61. The first kappa shape index (κ1) is 15.6. The van der Waals surface area contributed by atoms with Crippen LogP contribution in [0.2, 0.25) is 0 Å².